The topological polar surface area (TPSA) is 38.7 Å². The third kappa shape index (κ3) is 3.56. The molecule has 1 heterocycles. The second-order valence-electron chi connectivity index (χ2n) is 4.17. The summed E-state index contributed by atoms with van der Waals surface area (Å²) in [7, 11) is -1.14. The Morgan fingerprint density at radius 1 is 1.54 bits per heavy atom. The summed E-state index contributed by atoms with van der Waals surface area (Å²) in [5.41, 5.74) is 0. The average molecular weight is 203 g/mol. The van der Waals surface area contributed by atoms with Crippen LogP contribution in [0.5, 0.6) is 0 Å². The number of rotatable bonds is 2. The second-order valence-corrected chi connectivity index (χ2v) is 6.10. The third-order valence-corrected chi connectivity index (χ3v) is 3.17. The Morgan fingerprint density at radius 2 is 2.23 bits per heavy atom. The smallest absolute Gasteiger partial charge is 0.144 e. The summed E-state index contributed by atoms with van der Waals surface area (Å²) in [6.45, 7) is 6.54. The largest absolute Gasteiger partial charge is 0.373 e. The minimum absolute atomic E-state index is 0.0892. The molecule has 1 aliphatic rings. The first-order valence-electron chi connectivity index (χ1n) is 4.58. The molecule has 1 rings (SSSR count). The van der Waals surface area contributed by atoms with Crippen molar-refractivity contribution >= 4 is 17.2 Å². The van der Waals surface area contributed by atoms with E-state index in [1.54, 1.807) is 6.21 Å². The van der Waals surface area contributed by atoms with E-state index in [-0.39, 0.29) is 10.9 Å². The molecule has 13 heavy (non-hydrogen) atoms. The first-order chi connectivity index (χ1) is 6.00. The van der Waals surface area contributed by atoms with E-state index in [4.69, 9.17) is 4.74 Å². The highest BCUT2D eigenvalue weighted by molar-refractivity contribution is 7.85. The van der Waals surface area contributed by atoms with Crippen molar-refractivity contribution in [2.75, 3.05) is 6.61 Å². The molecular weight excluding hydrogens is 186 g/mol. The Kier molecular flexibility index (Phi) is 3.62. The van der Waals surface area contributed by atoms with Crippen molar-refractivity contribution in [1.29, 1.82) is 0 Å². The molecule has 0 radical (unpaired) electrons. The summed E-state index contributed by atoms with van der Waals surface area (Å²) in [6.07, 6.45) is 3.87. The lowest BCUT2D eigenvalue weighted by Crippen LogP contribution is -2.20. The van der Waals surface area contributed by atoms with Crippen molar-refractivity contribution in [3.63, 3.8) is 0 Å². The molecule has 0 N–H and O–H groups in total. The number of nitrogens with zero attached hydrogens (tertiary/aromatic N) is 1. The van der Waals surface area contributed by atoms with E-state index >= 15 is 0 Å². The molecule has 0 saturated carbocycles. The summed E-state index contributed by atoms with van der Waals surface area (Å²) in [5, 5.41) is 0. The van der Waals surface area contributed by atoms with Gasteiger partial charge in [-0.3, -0.25) is 0 Å². The van der Waals surface area contributed by atoms with Gasteiger partial charge in [-0.2, -0.15) is 4.40 Å². The van der Waals surface area contributed by atoms with Crippen LogP contribution in [-0.2, 0) is 15.7 Å². The van der Waals surface area contributed by atoms with Crippen molar-refractivity contribution in [2.24, 2.45) is 4.40 Å². The van der Waals surface area contributed by atoms with Gasteiger partial charge in [0.05, 0.1) is 10.9 Å². The van der Waals surface area contributed by atoms with Crippen LogP contribution in [0.3, 0.4) is 0 Å². The van der Waals surface area contributed by atoms with E-state index in [9.17, 15) is 4.21 Å². The normalized spacial score (nSPS) is 26.8. The molecule has 2 atom stereocenters. The Hall–Kier alpha value is -0.220. The van der Waals surface area contributed by atoms with E-state index in [0.717, 1.165) is 19.4 Å². The van der Waals surface area contributed by atoms with E-state index in [1.165, 1.54) is 0 Å². The van der Waals surface area contributed by atoms with Gasteiger partial charge in [0.15, 0.2) is 0 Å². The maximum Gasteiger partial charge on any atom is 0.144 e. The molecule has 0 amide bonds. The van der Waals surface area contributed by atoms with Crippen molar-refractivity contribution in [3.8, 4) is 0 Å². The SMILES string of the molecule is CC(C)(C)S(=O)N=C[C@@H]1CCCO1. The van der Waals surface area contributed by atoms with Crippen LogP contribution in [0, 0.1) is 0 Å². The van der Waals surface area contributed by atoms with Gasteiger partial charge in [0.25, 0.3) is 0 Å². The van der Waals surface area contributed by atoms with Gasteiger partial charge in [-0.25, -0.2) is 4.21 Å². The Morgan fingerprint density at radius 3 is 2.69 bits per heavy atom. The summed E-state index contributed by atoms with van der Waals surface area (Å²) in [4.78, 5) is 0. The first-order valence-corrected chi connectivity index (χ1v) is 5.68. The molecule has 4 heteroatoms. The van der Waals surface area contributed by atoms with Crippen molar-refractivity contribution in [3.05, 3.63) is 0 Å². The zero-order valence-corrected chi connectivity index (χ0v) is 9.26. The lowest BCUT2D eigenvalue weighted by atomic mass is 10.3. The molecular formula is C9H17NO2S. The van der Waals surface area contributed by atoms with Crippen molar-refractivity contribution in [2.45, 2.75) is 44.5 Å². The predicted octanol–water partition coefficient (Wildman–Crippen LogP) is 1.70. The van der Waals surface area contributed by atoms with Crippen LogP contribution in [-0.4, -0.2) is 27.9 Å². The lowest BCUT2D eigenvalue weighted by Gasteiger charge is -2.13. The maximum atomic E-state index is 11.5. The zero-order chi connectivity index (χ0) is 9.90. The predicted molar refractivity (Wildman–Crippen MR) is 55.4 cm³/mol. The minimum Gasteiger partial charge on any atom is -0.373 e. The van der Waals surface area contributed by atoms with Gasteiger partial charge in [-0.05, 0) is 33.6 Å². The van der Waals surface area contributed by atoms with Gasteiger partial charge in [0, 0.05) is 12.8 Å². The average Bonchev–Trinajstić information content (AvgIpc) is 2.50. The molecule has 1 saturated heterocycles. The van der Waals surface area contributed by atoms with Crippen LogP contribution >= 0.6 is 0 Å². The molecule has 1 aliphatic heterocycles. The first kappa shape index (κ1) is 10.9. The Labute approximate surface area is 82.2 Å². The molecule has 76 valence electrons. The molecule has 0 aromatic rings. The number of hydrogen-bond acceptors (Lipinski definition) is 2. The van der Waals surface area contributed by atoms with E-state index in [1.807, 2.05) is 20.8 Å². The van der Waals surface area contributed by atoms with Crippen LogP contribution < -0.4 is 0 Å². The van der Waals surface area contributed by atoms with E-state index in [2.05, 4.69) is 4.40 Å². The highest BCUT2D eigenvalue weighted by atomic mass is 32.2. The van der Waals surface area contributed by atoms with Crippen LogP contribution in [0.4, 0.5) is 0 Å². The molecule has 0 bridgehead atoms. The van der Waals surface area contributed by atoms with E-state index < -0.39 is 11.0 Å². The fourth-order valence-electron chi connectivity index (χ4n) is 1.00. The van der Waals surface area contributed by atoms with Crippen molar-refractivity contribution < 1.29 is 8.95 Å². The van der Waals surface area contributed by atoms with Gasteiger partial charge in [0.1, 0.15) is 11.0 Å². The van der Waals surface area contributed by atoms with Crippen LogP contribution in [0.25, 0.3) is 0 Å². The lowest BCUT2D eigenvalue weighted by molar-refractivity contribution is 0.162. The molecule has 0 aromatic heterocycles. The highest BCUT2D eigenvalue weighted by Crippen LogP contribution is 2.14. The number of hydrogen-bond donors (Lipinski definition) is 0. The van der Waals surface area contributed by atoms with Crippen LogP contribution in [0.15, 0.2) is 4.40 Å². The zero-order valence-electron chi connectivity index (χ0n) is 8.45. The second kappa shape index (κ2) is 4.33. The van der Waals surface area contributed by atoms with E-state index in [0.29, 0.717) is 0 Å². The van der Waals surface area contributed by atoms with Crippen molar-refractivity contribution in [1.82, 2.24) is 0 Å². The fraction of sp³-hybridized carbons (Fsp3) is 0.889. The molecule has 1 unspecified atom stereocenters. The summed E-state index contributed by atoms with van der Waals surface area (Å²) in [5.74, 6) is 0. The standard InChI is InChI=1S/C9H17NO2S/c1-9(2,3)13(11)10-7-8-5-4-6-12-8/h7-8H,4-6H2,1-3H3/t8-,13?/m0/s1. The minimum atomic E-state index is -1.14. The molecule has 3 nitrogen and oxygen atoms in total. The fourth-order valence-corrected chi connectivity index (χ4v) is 1.56. The summed E-state index contributed by atoms with van der Waals surface area (Å²) < 4.78 is 20.5. The third-order valence-electron chi connectivity index (χ3n) is 1.81. The Balaban J connectivity index is 2.43. The molecule has 1 fully saturated rings. The van der Waals surface area contributed by atoms with Crippen LogP contribution in [0.2, 0.25) is 0 Å². The maximum absolute atomic E-state index is 11.5. The van der Waals surface area contributed by atoms with Gasteiger partial charge < -0.3 is 4.74 Å². The quantitative estimate of drug-likeness (QED) is 0.641. The molecule has 0 aliphatic carbocycles. The van der Waals surface area contributed by atoms with Gasteiger partial charge in [-0.1, -0.05) is 0 Å². The molecule has 0 spiro atoms. The Bertz CT molecular complexity index is 214. The summed E-state index contributed by atoms with van der Waals surface area (Å²) in [6, 6.07) is 0. The van der Waals surface area contributed by atoms with Crippen LogP contribution in [0.1, 0.15) is 33.6 Å². The monoisotopic (exact) mass is 203 g/mol. The summed E-state index contributed by atoms with van der Waals surface area (Å²) >= 11 is 0. The molecule has 0 aromatic carbocycles. The highest BCUT2D eigenvalue weighted by Gasteiger charge is 2.19. The van der Waals surface area contributed by atoms with Gasteiger partial charge in [-0.15, -0.1) is 0 Å². The number of ether oxygens (including phenoxy) is 1. The van der Waals surface area contributed by atoms with Gasteiger partial charge >= 0.3 is 0 Å². The van der Waals surface area contributed by atoms with Gasteiger partial charge in [0.2, 0.25) is 0 Å².